The molecule has 7 heteroatoms. The van der Waals surface area contributed by atoms with Crippen LogP contribution in [0.1, 0.15) is 32.6 Å². The van der Waals surface area contributed by atoms with Crippen molar-refractivity contribution in [3.05, 3.63) is 25.0 Å². The lowest BCUT2D eigenvalue weighted by Crippen LogP contribution is -2.07. The van der Waals surface area contributed by atoms with Gasteiger partial charge in [-0.15, -0.1) is 0 Å². The summed E-state index contributed by atoms with van der Waals surface area (Å²) >= 11 is 0. The maximum Gasteiger partial charge on any atom is 0.165 e. The second-order valence-electron chi connectivity index (χ2n) is 6.15. The smallest absolute Gasteiger partial charge is 0.165 e. The number of imidazole rings is 1. The van der Waals surface area contributed by atoms with Crippen LogP contribution in [0.5, 0.6) is 0 Å². The molecule has 7 nitrogen and oxygen atoms in total. The van der Waals surface area contributed by atoms with Crippen molar-refractivity contribution in [1.82, 2.24) is 29.3 Å². The van der Waals surface area contributed by atoms with Crippen LogP contribution in [0.25, 0.3) is 11.2 Å². The van der Waals surface area contributed by atoms with Crippen LogP contribution in [0.4, 0.5) is 11.5 Å². The molecule has 3 heterocycles. The summed E-state index contributed by atoms with van der Waals surface area (Å²) in [7, 11) is 0. The minimum Gasteiger partial charge on any atom is -0.336 e. The molecule has 3 aromatic heterocycles. The Bertz CT molecular complexity index is 798. The molecular formula is C16H21N7. The van der Waals surface area contributed by atoms with Crippen LogP contribution in [0, 0.1) is 5.92 Å². The molecule has 0 unspecified atom stereocenters. The van der Waals surface area contributed by atoms with Crippen molar-refractivity contribution in [3.63, 3.8) is 0 Å². The Labute approximate surface area is 134 Å². The maximum absolute atomic E-state index is 4.46. The number of hydrogen-bond donors (Lipinski definition) is 1. The van der Waals surface area contributed by atoms with E-state index in [9.17, 15) is 0 Å². The Morgan fingerprint density at radius 1 is 1.22 bits per heavy atom. The Balaban J connectivity index is 1.54. The second-order valence-corrected chi connectivity index (χ2v) is 6.15. The molecule has 0 amide bonds. The lowest BCUT2D eigenvalue weighted by molar-refractivity contribution is 0.429. The van der Waals surface area contributed by atoms with Gasteiger partial charge in [0.1, 0.15) is 6.33 Å². The van der Waals surface area contributed by atoms with Crippen molar-refractivity contribution in [1.29, 1.82) is 0 Å². The zero-order valence-corrected chi connectivity index (χ0v) is 13.3. The van der Waals surface area contributed by atoms with E-state index in [2.05, 4.69) is 32.3 Å². The molecule has 0 spiro atoms. The fraction of sp³-hybridized carbons (Fsp3) is 0.500. The standard InChI is InChI=1S/C16H21N7/c1-2-22-11-19-14-15(17-10-18-16(14)22)21-13-7-20-23(9-13)8-12-5-3-4-6-12/h7,9-12H,2-6,8H2,1H3,(H,17,18,21). The fourth-order valence-electron chi connectivity index (χ4n) is 3.33. The highest BCUT2D eigenvalue weighted by Gasteiger charge is 2.16. The third-order valence-corrected chi connectivity index (χ3v) is 4.56. The molecular weight excluding hydrogens is 290 g/mol. The van der Waals surface area contributed by atoms with Gasteiger partial charge in [-0.05, 0) is 25.7 Å². The summed E-state index contributed by atoms with van der Waals surface area (Å²) in [5, 5.41) is 7.78. The quantitative estimate of drug-likeness (QED) is 0.784. The summed E-state index contributed by atoms with van der Waals surface area (Å²) < 4.78 is 4.03. The zero-order chi connectivity index (χ0) is 15.6. The molecule has 1 saturated carbocycles. The van der Waals surface area contributed by atoms with Gasteiger partial charge in [0, 0.05) is 19.3 Å². The Morgan fingerprint density at radius 3 is 2.91 bits per heavy atom. The zero-order valence-electron chi connectivity index (χ0n) is 13.3. The normalized spacial score (nSPS) is 15.5. The summed E-state index contributed by atoms with van der Waals surface area (Å²) in [5.41, 5.74) is 2.58. The number of anilines is 2. The molecule has 1 aliphatic rings. The van der Waals surface area contributed by atoms with Crippen molar-refractivity contribution >= 4 is 22.7 Å². The fourth-order valence-corrected chi connectivity index (χ4v) is 3.33. The molecule has 0 radical (unpaired) electrons. The number of nitrogens with zero attached hydrogens (tertiary/aromatic N) is 6. The third kappa shape index (κ3) is 2.78. The van der Waals surface area contributed by atoms with E-state index >= 15 is 0 Å². The monoisotopic (exact) mass is 311 g/mol. The first kappa shape index (κ1) is 14.2. The van der Waals surface area contributed by atoms with Gasteiger partial charge in [0.25, 0.3) is 0 Å². The highest BCUT2D eigenvalue weighted by atomic mass is 15.3. The lowest BCUT2D eigenvalue weighted by Gasteiger charge is -2.08. The third-order valence-electron chi connectivity index (χ3n) is 4.56. The van der Waals surface area contributed by atoms with Crippen LogP contribution in [-0.4, -0.2) is 29.3 Å². The van der Waals surface area contributed by atoms with E-state index in [1.54, 1.807) is 12.7 Å². The van der Waals surface area contributed by atoms with Crippen LogP contribution in [0.15, 0.2) is 25.0 Å². The molecule has 0 bridgehead atoms. The van der Waals surface area contributed by atoms with E-state index in [0.717, 1.165) is 41.7 Å². The van der Waals surface area contributed by atoms with E-state index in [1.165, 1.54) is 25.7 Å². The van der Waals surface area contributed by atoms with Crippen molar-refractivity contribution < 1.29 is 0 Å². The van der Waals surface area contributed by atoms with E-state index in [4.69, 9.17) is 0 Å². The van der Waals surface area contributed by atoms with Crippen molar-refractivity contribution in [3.8, 4) is 0 Å². The van der Waals surface area contributed by atoms with Gasteiger partial charge in [-0.2, -0.15) is 5.10 Å². The van der Waals surface area contributed by atoms with E-state index < -0.39 is 0 Å². The molecule has 1 fully saturated rings. The summed E-state index contributed by atoms with van der Waals surface area (Å²) in [6.07, 6.45) is 12.6. The predicted octanol–water partition coefficient (Wildman–Crippen LogP) is 2.98. The molecule has 0 saturated heterocycles. The van der Waals surface area contributed by atoms with Gasteiger partial charge in [-0.25, -0.2) is 15.0 Å². The summed E-state index contributed by atoms with van der Waals surface area (Å²) in [6.45, 7) is 3.92. The molecule has 120 valence electrons. The molecule has 1 N–H and O–H groups in total. The molecule has 0 aromatic carbocycles. The summed E-state index contributed by atoms with van der Waals surface area (Å²) in [4.78, 5) is 13.1. The Kier molecular flexibility index (Phi) is 3.69. The van der Waals surface area contributed by atoms with Gasteiger partial charge in [0.05, 0.1) is 18.2 Å². The predicted molar refractivity (Wildman–Crippen MR) is 88.5 cm³/mol. The van der Waals surface area contributed by atoms with Crippen molar-refractivity contribution in [2.75, 3.05) is 5.32 Å². The number of hydrogen-bond acceptors (Lipinski definition) is 5. The molecule has 1 aliphatic carbocycles. The largest absolute Gasteiger partial charge is 0.336 e. The molecule has 3 aromatic rings. The lowest BCUT2D eigenvalue weighted by atomic mass is 10.1. The number of aromatic nitrogens is 6. The van der Waals surface area contributed by atoms with Crippen LogP contribution in [0.2, 0.25) is 0 Å². The van der Waals surface area contributed by atoms with E-state index in [1.807, 2.05) is 21.6 Å². The molecule has 0 aliphatic heterocycles. The number of fused-ring (bicyclic) bond motifs is 1. The van der Waals surface area contributed by atoms with Crippen molar-refractivity contribution in [2.45, 2.75) is 45.7 Å². The Morgan fingerprint density at radius 2 is 2.09 bits per heavy atom. The van der Waals surface area contributed by atoms with Gasteiger partial charge in [0.15, 0.2) is 17.0 Å². The average Bonchev–Trinajstić information content (AvgIpc) is 3.29. The van der Waals surface area contributed by atoms with Gasteiger partial charge in [0.2, 0.25) is 0 Å². The topological polar surface area (TPSA) is 73.5 Å². The average molecular weight is 311 g/mol. The summed E-state index contributed by atoms with van der Waals surface area (Å²) in [5.74, 6) is 1.50. The number of nitrogens with one attached hydrogen (secondary N) is 1. The van der Waals surface area contributed by atoms with E-state index in [-0.39, 0.29) is 0 Å². The van der Waals surface area contributed by atoms with Crippen LogP contribution < -0.4 is 5.32 Å². The first-order valence-electron chi connectivity index (χ1n) is 8.29. The SMILES string of the molecule is CCn1cnc2c(Nc3cnn(CC4CCCC4)c3)ncnc21. The minimum atomic E-state index is 0.725. The van der Waals surface area contributed by atoms with Crippen LogP contribution in [-0.2, 0) is 13.1 Å². The van der Waals surface area contributed by atoms with Gasteiger partial charge in [-0.3, -0.25) is 4.68 Å². The molecule has 4 rings (SSSR count). The van der Waals surface area contributed by atoms with Crippen molar-refractivity contribution in [2.24, 2.45) is 5.92 Å². The minimum absolute atomic E-state index is 0.725. The highest BCUT2D eigenvalue weighted by Crippen LogP contribution is 2.27. The first-order valence-corrected chi connectivity index (χ1v) is 8.29. The number of rotatable bonds is 5. The van der Waals surface area contributed by atoms with E-state index in [0.29, 0.717) is 0 Å². The van der Waals surface area contributed by atoms with Gasteiger partial charge in [-0.1, -0.05) is 12.8 Å². The highest BCUT2D eigenvalue weighted by molar-refractivity contribution is 5.84. The first-order chi connectivity index (χ1) is 11.3. The molecule has 0 atom stereocenters. The van der Waals surface area contributed by atoms with Gasteiger partial charge >= 0.3 is 0 Å². The van der Waals surface area contributed by atoms with Crippen LogP contribution >= 0.6 is 0 Å². The van der Waals surface area contributed by atoms with Crippen LogP contribution in [0.3, 0.4) is 0 Å². The number of aryl methyl sites for hydroxylation is 1. The molecule has 23 heavy (non-hydrogen) atoms. The second kappa shape index (κ2) is 5.98. The summed E-state index contributed by atoms with van der Waals surface area (Å²) in [6, 6.07) is 0. The van der Waals surface area contributed by atoms with Gasteiger partial charge < -0.3 is 9.88 Å². The Hall–Kier alpha value is -2.44. The maximum atomic E-state index is 4.46.